The molecule has 1 unspecified atom stereocenters. The molecule has 1 atom stereocenters. The second-order valence-electron chi connectivity index (χ2n) is 4.51. The lowest BCUT2D eigenvalue weighted by molar-refractivity contribution is 0.288. The zero-order valence-electron chi connectivity index (χ0n) is 9.54. The second kappa shape index (κ2) is 6.73. The summed E-state index contributed by atoms with van der Waals surface area (Å²) in [6.07, 6.45) is 7.99. The van der Waals surface area contributed by atoms with Gasteiger partial charge in [-0.1, -0.05) is 20.3 Å². The molecule has 1 aliphatic carbocycles. The van der Waals surface area contributed by atoms with Gasteiger partial charge in [-0.25, -0.2) is 0 Å². The van der Waals surface area contributed by atoms with Crippen molar-refractivity contribution in [1.82, 2.24) is 0 Å². The minimum atomic E-state index is 0.346. The van der Waals surface area contributed by atoms with E-state index in [1.54, 1.807) is 0 Å². The van der Waals surface area contributed by atoms with Crippen LogP contribution in [-0.4, -0.2) is 22.2 Å². The first-order chi connectivity index (χ1) is 6.76. The molecular formula is C12H24OS. The summed E-state index contributed by atoms with van der Waals surface area (Å²) in [7, 11) is 0. The van der Waals surface area contributed by atoms with Crippen LogP contribution in [0.3, 0.4) is 0 Å². The molecule has 1 saturated carbocycles. The van der Waals surface area contributed by atoms with E-state index in [-0.39, 0.29) is 0 Å². The summed E-state index contributed by atoms with van der Waals surface area (Å²) in [5.74, 6) is 1.000. The van der Waals surface area contributed by atoms with Crippen LogP contribution in [0.25, 0.3) is 0 Å². The van der Waals surface area contributed by atoms with E-state index in [2.05, 4.69) is 25.6 Å². The highest BCUT2D eigenvalue weighted by molar-refractivity contribution is 8.00. The van der Waals surface area contributed by atoms with Crippen LogP contribution in [0.4, 0.5) is 0 Å². The van der Waals surface area contributed by atoms with Crippen molar-refractivity contribution in [2.45, 2.75) is 62.9 Å². The molecule has 0 bridgehead atoms. The molecule has 0 aromatic rings. The van der Waals surface area contributed by atoms with Crippen molar-refractivity contribution in [3.63, 3.8) is 0 Å². The van der Waals surface area contributed by atoms with E-state index in [9.17, 15) is 0 Å². The van der Waals surface area contributed by atoms with E-state index in [1.165, 1.54) is 32.1 Å². The maximum absolute atomic E-state index is 8.83. The third-order valence-electron chi connectivity index (χ3n) is 3.33. The van der Waals surface area contributed by atoms with E-state index < -0.39 is 0 Å². The molecule has 0 aromatic carbocycles. The fourth-order valence-electron chi connectivity index (χ4n) is 2.25. The number of aliphatic hydroxyl groups excluding tert-OH is 1. The lowest BCUT2D eigenvalue weighted by Gasteiger charge is -2.29. The molecule has 14 heavy (non-hydrogen) atoms. The van der Waals surface area contributed by atoms with Crippen LogP contribution in [0, 0.1) is 5.92 Å². The monoisotopic (exact) mass is 216 g/mol. The molecule has 0 radical (unpaired) electrons. The highest BCUT2D eigenvalue weighted by Crippen LogP contribution is 2.35. The highest BCUT2D eigenvalue weighted by Gasteiger charge is 2.21. The first kappa shape index (κ1) is 12.4. The van der Waals surface area contributed by atoms with Crippen LogP contribution in [0.2, 0.25) is 0 Å². The zero-order valence-corrected chi connectivity index (χ0v) is 10.4. The summed E-state index contributed by atoms with van der Waals surface area (Å²) in [4.78, 5) is 0. The van der Waals surface area contributed by atoms with E-state index in [4.69, 9.17) is 5.11 Å². The Hall–Kier alpha value is 0.310. The molecule has 2 heteroatoms. The van der Waals surface area contributed by atoms with E-state index in [0.29, 0.717) is 11.9 Å². The molecule has 0 saturated heterocycles. The first-order valence-electron chi connectivity index (χ1n) is 6.02. The molecule has 1 aliphatic rings. The summed E-state index contributed by atoms with van der Waals surface area (Å²) in [5, 5.41) is 10.3. The molecule has 0 heterocycles. The number of rotatable bonds is 5. The summed E-state index contributed by atoms with van der Waals surface area (Å²) < 4.78 is 0. The van der Waals surface area contributed by atoms with Crippen LogP contribution in [0.1, 0.15) is 52.4 Å². The Morgan fingerprint density at radius 3 is 2.43 bits per heavy atom. The lowest BCUT2D eigenvalue weighted by atomic mass is 9.87. The van der Waals surface area contributed by atoms with Crippen molar-refractivity contribution < 1.29 is 5.11 Å². The Morgan fingerprint density at radius 2 is 1.93 bits per heavy atom. The van der Waals surface area contributed by atoms with Gasteiger partial charge >= 0.3 is 0 Å². The Morgan fingerprint density at radius 1 is 1.29 bits per heavy atom. The number of thioether (sulfide) groups is 1. The summed E-state index contributed by atoms with van der Waals surface area (Å²) in [5.41, 5.74) is 0. The Balaban J connectivity index is 2.15. The molecule has 1 N–H and O–H groups in total. The van der Waals surface area contributed by atoms with Crippen molar-refractivity contribution >= 4 is 11.8 Å². The van der Waals surface area contributed by atoms with Crippen molar-refractivity contribution in [3.8, 4) is 0 Å². The smallest absolute Gasteiger partial charge is 0.0441 e. The largest absolute Gasteiger partial charge is 0.396 e. The maximum Gasteiger partial charge on any atom is 0.0441 e. The Labute approximate surface area is 92.7 Å². The topological polar surface area (TPSA) is 20.2 Å². The average molecular weight is 216 g/mol. The van der Waals surface area contributed by atoms with Crippen molar-refractivity contribution in [2.24, 2.45) is 5.92 Å². The van der Waals surface area contributed by atoms with Gasteiger partial charge in [0.1, 0.15) is 0 Å². The third-order valence-corrected chi connectivity index (χ3v) is 4.89. The maximum atomic E-state index is 8.83. The van der Waals surface area contributed by atoms with Crippen LogP contribution in [0.5, 0.6) is 0 Å². The van der Waals surface area contributed by atoms with Crippen LogP contribution >= 0.6 is 11.8 Å². The van der Waals surface area contributed by atoms with Gasteiger partial charge < -0.3 is 5.11 Å². The van der Waals surface area contributed by atoms with Gasteiger partial charge in [0.25, 0.3) is 0 Å². The van der Waals surface area contributed by atoms with E-state index in [1.807, 2.05) is 0 Å². The molecule has 0 spiro atoms. The minimum absolute atomic E-state index is 0.346. The lowest BCUT2D eigenvalue weighted by Crippen LogP contribution is -2.18. The third kappa shape index (κ3) is 4.22. The molecule has 0 aliphatic heterocycles. The van der Waals surface area contributed by atoms with Crippen molar-refractivity contribution in [2.75, 3.05) is 6.61 Å². The molecule has 0 amide bonds. The van der Waals surface area contributed by atoms with Gasteiger partial charge in [0.15, 0.2) is 0 Å². The van der Waals surface area contributed by atoms with Crippen LogP contribution in [-0.2, 0) is 0 Å². The standard InChI is InChI=1S/C12H24OS/c1-3-11-4-6-12(7-5-11)14-10(2)8-9-13/h10-13H,3-9H2,1-2H3. The SMILES string of the molecule is CCC1CCC(SC(C)CCO)CC1. The number of aliphatic hydroxyl groups is 1. The average Bonchev–Trinajstić information content (AvgIpc) is 2.19. The number of hydrogen-bond acceptors (Lipinski definition) is 2. The predicted molar refractivity (Wildman–Crippen MR) is 64.8 cm³/mol. The quantitative estimate of drug-likeness (QED) is 0.759. The molecule has 0 aromatic heterocycles. The van der Waals surface area contributed by atoms with Crippen molar-refractivity contribution in [3.05, 3.63) is 0 Å². The minimum Gasteiger partial charge on any atom is -0.396 e. The summed E-state index contributed by atoms with van der Waals surface area (Å²) >= 11 is 2.10. The molecule has 1 nitrogen and oxygen atoms in total. The molecular weight excluding hydrogens is 192 g/mol. The van der Waals surface area contributed by atoms with Crippen LogP contribution < -0.4 is 0 Å². The predicted octanol–water partition coefficient (Wildman–Crippen LogP) is 3.46. The Bertz CT molecular complexity index is 141. The van der Waals surface area contributed by atoms with Gasteiger partial charge in [0, 0.05) is 17.1 Å². The van der Waals surface area contributed by atoms with E-state index >= 15 is 0 Å². The first-order valence-corrected chi connectivity index (χ1v) is 6.96. The molecule has 1 rings (SSSR count). The van der Waals surface area contributed by atoms with Gasteiger partial charge in [-0.05, 0) is 38.0 Å². The normalized spacial score (nSPS) is 30.2. The van der Waals surface area contributed by atoms with Gasteiger partial charge in [0.05, 0.1) is 0 Å². The van der Waals surface area contributed by atoms with Crippen molar-refractivity contribution in [1.29, 1.82) is 0 Å². The van der Waals surface area contributed by atoms with Gasteiger partial charge in [-0.2, -0.15) is 11.8 Å². The molecule has 84 valence electrons. The fraction of sp³-hybridized carbons (Fsp3) is 1.00. The molecule has 1 fully saturated rings. The Kier molecular flexibility index (Phi) is 5.95. The van der Waals surface area contributed by atoms with Crippen LogP contribution in [0.15, 0.2) is 0 Å². The zero-order chi connectivity index (χ0) is 10.4. The fourth-order valence-corrected chi connectivity index (χ4v) is 3.70. The summed E-state index contributed by atoms with van der Waals surface area (Å²) in [6.45, 7) is 4.90. The second-order valence-corrected chi connectivity index (χ2v) is 6.25. The van der Waals surface area contributed by atoms with Gasteiger partial charge in [-0.15, -0.1) is 0 Å². The van der Waals surface area contributed by atoms with Gasteiger partial charge in [0.2, 0.25) is 0 Å². The highest BCUT2D eigenvalue weighted by atomic mass is 32.2. The van der Waals surface area contributed by atoms with Gasteiger partial charge in [-0.3, -0.25) is 0 Å². The number of hydrogen-bond donors (Lipinski definition) is 1. The summed E-state index contributed by atoms with van der Waals surface area (Å²) in [6, 6.07) is 0. The van der Waals surface area contributed by atoms with E-state index in [0.717, 1.165) is 17.6 Å².